The number of pyridine rings is 2. The van der Waals surface area contributed by atoms with Crippen molar-refractivity contribution in [2.24, 2.45) is 0 Å². The molecule has 1 amide bonds. The second-order valence-corrected chi connectivity index (χ2v) is 9.25. The van der Waals surface area contributed by atoms with Crippen LogP contribution in [0, 0.1) is 12.7 Å². The summed E-state index contributed by atoms with van der Waals surface area (Å²) in [5, 5.41) is 10.3. The Morgan fingerprint density at radius 1 is 0.975 bits per heavy atom. The van der Waals surface area contributed by atoms with Gasteiger partial charge in [0.15, 0.2) is 11.6 Å². The Morgan fingerprint density at radius 2 is 1.85 bits per heavy atom. The number of rotatable bonds is 5. The third-order valence-corrected chi connectivity index (χ3v) is 6.56. The standard InChI is InChI=1S/C29H20FN9O/c1-16-14-39(15-33-16)22-9-5-8-20-26(22)36-28(35-20)27-23-21(37-38-27)13-32-25(24(23)30)18-10-19(12-31-11-18)34-29(40)17-6-3-2-4-7-17/h2-15H,1H3,(H,34,40)(H,35,36)(H,37,38). The molecular formula is C29H20FN9O. The zero-order valence-corrected chi connectivity index (χ0v) is 21.1. The molecule has 7 aromatic rings. The summed E-state index contributed by atoms with van der Waals surface area (Å²) in [5.41, 5.74) is 5.32. The maximum atomic E-state index is 16.1. The van der Waals surface area contributed by atoms with Gasteiger partial charge in [-0.25, -0.2) is 14.4 Å². The molecule has 2 aromatic carbocycles. The molecule has 11 heteroatoms. The van der Waals surface area contributed by atoms with Crippen molar-refractivity contribution in [3.8, 4) is 28.5 Å². The number of aryl methyl sites for hydroxylation is 1. The summed E-state index contributed by atoms with van der Waals surface area (Å²) in [6, 6.07) is 16.2. The van der Waals surface area contributed by atoms with E-state index < -0.39 is 5.82 Å². The molecule has 0 saturated heterocycles. The first-order chi connectivity index (χ1) is 19.5. The Kier molecular flexibility index (Phi) is 5.41. The lowest BCUT2D eigenvalue weighted by Gasteiger charge is -2.08. The summed E-state index contributed by atoms with van der Waals surface area (Å²) in [4.78, 5) is 33.5. The van der Waals surface area contributed by atoms with Crippen LogP contribution < -0.4 is 5.32 Å². The highest BCUT2D eigenvalue weighted by molar-refractivity contribution is 6.04. The van der Waals surface area contributed by atoms with E-state index in [2.05, 4.69) is 35.5 Å². The molecular weight excluding hydrogens is 509 g/mol. The normalized spacial score (nSPS) is 11.3. The van der Waals surface area contributed by atoms with Crippen molar-refractivity contribution in [1.29, 1.82) is 0 Å². The fraction of sp³-hybridized carbons (Fsp3) is 0.0345. The number of carbonyl (C=O) groups excluding carboxylic acids is 1. The van der Waals surface area contributed by atoms with Gasteiger partial charge in [-0.1, -0.05) is 24.3 Å². The number of benzene rings is 2. The second-order valence-electron chi connectivity index (χ2n) is 9.25. The maximum absolute atomic E-state index is 16.1. The number of nitrogens with one attached hydrogen (secondary N) is 3. The maximum Gasteiger partial charge on any atom is 0.255 e. The highest BCUT2D eigenvalue weighted by Crippen LogP contribution is 2.33. The van der Waals surface area contributed by atoms with Crippen molar-refractivity contribution < 1.29 is 9.18 Å². The van der Waals surface area contributed by atoms with Crippen LogP contribution in [-0.4, -0.2) is 45.6 Å². The molecule has 5 aromatic heterocycles. The molecule has 0 bridgehead atoms. The minimum atomic E-state index is -0.583. The van der Waals surface area contributed by atoms with E-state index >= 15 is 4.39 Å². The number of imidazole rings is 2. The minimum absolute atomic E-state index is 0.0733. The van der Waals surface area contributed by atoms with Crippen molar-refractivity contribution in [1.82, 2.24) is 39.7 Å². The Bertz CT molecular complexity index is 2040. The first-order valence-corrected chi connectivity index (χ1v) is 12.4. The van der Waals surface area contributed by atoms with Gasteiger partial charge < -0.3 is 14.9 Å². The predicted octanol–water partition coefficient (Wildman–Crippen LogP) is 5.45. The van der Waals surface area contributed by atoms with Crippen LogP contribution in [0.25, 0.3) is 50.4 Å². The van der Waals surface area contributed by atoms with E-state index in [1.807, 2.05) is 42.0 Å². The molecule has 7 rings (SSSR count). The van der Waals surface area contributed by atoms with E-state index in [1.54, 1.807) is 36.7 Å². The SMILES string of the molecule is Cc1cn(-c2cccc3[nH]c(-c4n[nH]c5cnc(-c6cncc(NC(=O)c7ccccc7)c6)c(F)c45)nc23)cn1. The van der Waals surface area contributed by atoms with E-state index in [0.29, 0.717) is 39.4 Å². The highest BCUT2D eigenvalue weighted by atomic mass is 19.1. The first kappa shape index (κ1) is 23.4. The van der Waals surface area contributed by atoms with Gasteiger partial charge in [-0.2, -0.15) is 5.10 Å². The van der Waals surface area contributed by atoms with Crippen molar-refractivity contribution in [3.05, 3.63) is 103 Å². The van der Waals surface area contributed by atoms with Crippen LogP contribution in [0.2, 0.25) is 0 Å². The average molecular weight is 530 g/mol. The van der Waals surface area contributed by atoms with E-state index in [-0.39, 0.29) is 17.0 Å². The topological polar surface area (TPSA) is 130 Å². The minimum Gasteiger partial charge on any atom is -0.336 e. The molecule has 5 heterocycles. The number of anilines is 1. The lowest BCUT2D eigenvalue weighted by atomic mass is 10.1. The smallest absolute Gasteiger partial charge is 0.255 e. The van der Waals surface area contributed by atoms with Crippen LogP contribution in [0.3, 0.4) is 0 Å². The summed E-state index contributed by atoms with van der Waals surface area (Å²) in [7, 11) is 0. The van der Waals surface area contributed by atoms with Gasteiger partial charge in [0.2, 0.25) is 0 Å². The Morgan fingerprint density at radius 3 is 2.67 bits per heavy atom. The monoisotopic (exact) mass is 529 g/mol. The number of halogens is 1. The molecule has 0 radical (unpaired) electrons. The number of nitrogens with zero attached hydrogens (tertiary/aromatic N) is 6. The third-order valence-electron chi connectivity index (χ3n) is 6.56. The quantitative estimate of drug-likeness (QED) is 0.272. The van der Waals surface area contributed by atoms with Crippen LogP contribution >= 0.6 is 0 Å². The Hall–Kier alpha value is -5.71. The number of amides is 1. The largest absolute Gasteiger partial charge is 0.336 e. The van der Waals surface area contributed by atoms with E-state index in [4.69, 9.17) is 4.98 Å². The third kappa shape index (κ3) is 3.97. The molecule has 0 unspecified atom stereocenters. The number of para-hydroxylation sites is 1. The number of fused-ring (bicyclic) bond motifs is 2. The van der Waals surface area contributed by atoms with Crippen molar-refractivity contribution in [3.63, 3.8) is 0 Å². The fourth-order valence-electron chi connectivity index (χ4n) is 4.67. The van der Waals surface area contributed by atoms with Crippen molar-refractivity contribution in [2.75, 3.05) is 5.32 Å². The van der Waals surface area contributed by atoms with Crippen molar-refractivity contribution in [2.45, 2.75) is 6.92 Å². The highest BCUT2D eigenvalue weighted by Gasteiger charge is 2.21. The Balaban J connectivity index is 1.28. The molecule has 0 aliphatic rings. The number of hydrogen-bond donors (Lipinski definition) is 3. The predicted molar refractivity (Wildman–Crippen MR) is 148 cm³/mol. The van der Waals surface area contributed by atoms with Gasteiger partial charge >= 0.3 is 0 Å². The summed E-state index contributed by atoms with van der Waals surface area (Å²) in [6.07, 6.45) is 8.15. The van der Waals surface area contributed by atoms with Gasteiger partial charge in [-0.15, -0.1) is 0 Å². The summed E-state index contributed by atoms with van der Waals surface area (Å²) in [5.74, 6) is -0.472. The molecule has 194 valence electrons. The molecule has 10 nitrogen and oxygen atoms in total. The van der Waals surface area contributed by atoms with Gasteiger partial charge in [-0.3, -0.25) is 19.9 Å². The zero-order chi connectivity index (χ0) is 27.2. The molecule has 0 spiro atoms. The van der Waals surface area contributed by atoms with Gasteiger partial charge in [0.05, 0.1) is 52.2 Å². The number of aromatic amines is 2. The van der Waals surface area contributed by atoms with E-state index in [1.165, 1.54) is 18.6 Å². The first-order valence-electron chi connectivity index (χ1n) is 12.4. The summed E-state index contributed by atoms with van der Waals surface area (Å²) >= 11 is 0. The summed E-state index contributed by atoms with van der Waals surface area (Å²) < 4.78 is 18.0. The second kappa shape index (κ2) is 9.24. The zero-order valence-electron chi connectivity index (χ0n) is 21.1. The van der Waals surface area contributed by atoms with E-state index in [9.17, 15) is 4.79 Å². The van der Waals surface area contributed by atoms with Crippen LogP contribution in [0.1, 0.15) is 16.1 Å². The molecule has 0 saturated carbocycles. The van der Waals surface area contributed by atoms with Crippen LogP contribution in [-0.2, 0) is 0 Å². The molecule has 3 N–H and O–H groups in total. The van der Waals surface area contributed by atoms with Gasteiger partial charge in [0, 0.05) is 23.5 Å². The molecule has 0 atom stereocenters. The van der Waals surface area contributed by atoms with Crippen LogP contribution in [0.15, 0.2) is 85.7 Å². The van der Waals surface area contributed by atoms with Gasteiger partial charge in [0.25, 0.3) is 5.91 Å². The lowest BCUT2D eigenvalue weighted by Crippen LogP contribution is -2.11. The molecule has 0 aliphatic heterocycles. The average Bonchev–Trinajstić information content (AvgIpc) is 3.72. The molecule has 0 aliphatic carbocycles. The number of carbonyl (C=O) groups is 1. The summed E-state index contributed by atoms with van der Waals surface area (Å²) in [6.45, 7) is 1.92. The molecule has 40 heavy (non-hydrogen) atoms. The fourth-order valence-corrected chi connectivity index (χ4v) is 4.67. The van der Waals surface area contributed by atoms with E-state index in [0.717, 1.165) is 16.9 Å². The van der Waals surface area contributed by atoms with Gasteiger partial charge in [-0.05, 0) is 37.3 Å². The Labute approximate surface area is 226 Å². The van der Waals surface area contributed by atoms with Crippen LogP contribution in [0.4, 0.5) is 10.1 Å². The van der Waals surface area contributed by atoms with Crippen LogP contribution in [0.5, 0.6) is 0 Å². The number of H-pyrrole nitrogens is 2. The number of aromatic nitrogens is 8. The lowest BCUT2D eigenvalue weighted by molar-refractivity contribution is 0.102. The van der Waals surface area contributed by atoms with Crippen molar-refractivity contribution >= 4 is 33.5 Å². The van der Waals surface area contributed by atoms with Gasteiger partial charge in [0.1, 0.15) is 16.9 Å². The molecule has 0 fully saturated rings. The number of hydrogen-bond acceptors (Lipinski definition) is 6.